The number of nitrogens with zero attached hydrogens (tertiary/aromatic N) is 5. The highest BCUT2D eigenvalue weighted by molar-refractivity contribution is 5.87. The summed E-state index contributed by atoms with van der Waals surface area (Å²) in [5.41, 5.74) is 0.896. The number of aromatic nitrogens is 3. The Balaban J connectivity index is 1.48. The van der Waals surface area contributed by atoms with Crippen molar-refractivity contribution in [3.63, 3.8) is 0 Å². The molecule has 3 heterocycles. The number of anilines is 1. The van der Waals surface area contributed by atoms with Gasteiger partial charge in [0.2, 0.25) is 0 Å². The Hall–Kier alpha value is -2.55. The van der Waals surface area contributed by atoms with Crippen molar-refractivity contribution in [3.8, 4) is 6.07 Å². The van der Waals surface area contributed by atoms with Crippen LogP contribution in [-0.4, -0.2) is 46.0 Å². The third-order valence-corrected chi connectivity index (χ3v) is 5.33. The summed E-state index contributed by atoms with van der Waals surface area (Å²) in [6.45, 7) is 2.13. The molecule has 2 aliphatic rings. The molecule has 0 radical (unpaired) electrons. The summed E-state index contributed by atoms with van der Waals surface area (Å²) in [7, 11) is 2.15. The fourth-order valence-electron chi connectivity index (χ4n) is 4.19. The van der Waals surface area contributed by atoms with Gasteiger partial charge in [0.25, 0.3) is 0 Å². The zero-order chi connectivity index (χ0) is 15.8. The number of allylic oxidation sites excluding steroid dienone is 1. The van der Waals surface area contributed by atoms with E-state index in [1.807, 2.05) is 18.5 Å². The second-order valence-corrected chi connectivity index (χ2v) is 6.59. The largest absolute Gasteiger partial charge is 0.376 e. The topological polar surface area (TPSA) is 71.8 Å². The molecule has 2 fully saturated rings. The van der Waals surface area contributed by atoms with Crippen molar-refractivity contribution in [1.29, 1.82) is 5.26 Å². The van der Waals surface area contributed by atoms with Crippen LogP contribution in [0.15, 0.2) is 30.9 Å². The Morgan fingerprint density at radius 3 is 2.87 bits per heavy atom. The highest BCUT2D eigenvalue weighted by atomic mass is 15.2. The molecule has 3 atom stereocenters. The molecule has 1 saturated heterocycles. The monoisotopic (exact) mass is 308 g/mol. The summed E-state index contributed by atoms with van der Waals surface area (Å²) < 4.78 is 0. The highest BCUT2D eigenvalue weighted by Gasteiger charge is 2.41. The van der Waals surface area contributed by atoms with Gasteiger partial charge >= 0.3 is 0 Å². The first kappa shape index (κ1) is 14.1. The molecule has 1 aliphatic carbocycles. The van der Waals surface area contributed by atoms with Crippen LogP contribution in [0.2, 0.25) is 0 Å². The third-order valence-electron chi connectivity index (χ3n) is 5.33. The van der Waals surface area contributed by atoms with Crippen LogP contribution >= 0.6 is 0 Å². The zero-order valence-electron chi connectivity index (χ0n) is 13.2. The number of likely N-dealkylation sites (tertiary alicyclic amines) is 1. The third kappa shape index (κ3) is 2.42. The minimum Gasteiger partial charge on any atom is -0.376 e. The predicted octanol–water partition coefficient (Wildman–Crippen LogP) is 2.14. The number of rotatable bonds is 3. The summed E-state index contributed by atoms with van der Waals surface area (Å²) in [4.78, 5) is 16.5. The summed E-state index contributed by atoms with van der Waals surface area (Å²) in [5, 5.41) is 9.74. The molecule has 1 N–H and O–H groups in total. The van der Waals surface area contributed by atoms with Gasteiger partial charge in [-0.3, -0.25) is 0 Å². The average Bonchev–Trinajstić information content (AvgIpc) is 3.25. The van der Waals surface area contributed by atoms with Gasteiger partial charge < -0.3 is 14.8 Å². The van der Waals surface area contributed by atoms with Gasteiger partial charge in [0.1, 0.15) is 17.8 Å². The van der Waals surface area contributed by atoms with Crippen LogP contribution < -0.4 is 4.90 Å². The first-order valence-electron chi connectivity index (χ1n) is 8.07. The Bertz CT molecular complexity index is 759. The summed E-state index contributed by atoms with van der Waals surface area (Å²) in [6.07, 6.45) is 9.44. The maximum atomic E-state index is 8.65. The van der Waals surface area contributed by atoms with Crippen LogP contribution in [-0.2, 0) is 0 Å². The van der Waals surface area contributed by atoms with Crippen molar-refractivity contribution in [2.24, 2.45) is 11.8 Å². The molecule has 23 heavy (non-hydrogen) atoms. The summed E-state index contributed by atoms with van der Waals surface area (Å²) in [6, 6.07) is 4.65. The van der Waals surface area contributed by atoms with Gasteiger partial charge in [-0.15, -0.1) is 0 Å². The van der Waals surface area contributed by atoms with E-state index in [0.29, 0.717) is 17.9 Å². The number of nitrogens with one attached hydrogen (secondary N) is 1. The average molecular weight is 308 g/mol. The van der Waals surface area contributed by atoms with Crippen molar-refractivity contribution in [1.82, 2.24) is 19.9 Å². The Labute approximate surface area is 135 Å². The number of aromatic amines is 1. The van der Waals surface area contributed by atoms with Crippen LogP contribution in [0, 0.1) is 23.2 Å². The van der Waals surface area contributed by atoms with E-state index in [1.165, 1.54) is 12.8 Å². The van der Waals surface area contributed by atoms with E-state index in [-0.39, 0.29) is 0 Å². The number of H-pyrrole nitrogens is 1. The van der Waals surface area contributed by atoms with Crippen LogP contribution in [0.4, 0.5) is 5.82 Å². The lowest BCUT2D eigenvalue weighted by Crippen LogP contribution is -2.32. The second kappa shape index (κ2) is 5.58. The van der Waals surface area contributed by atoms with Crippen molar-refractivity contribution in [2.75, 3.05) is 25.0 Å². The van der Waals surface area contributed by atoms with Crippen LogP contribution in [0.25, 0.3) is 11.0 Å². The molecular weight excluding hydrogens is 288 g/mol. The minimum absolute atomic E-state index is 0.528. The molecule has 2 aromatic heterocycles. The van der Waals surface area contributed by atoms with Crippen molar-refractivity contribution < 1.29 is 0 Å². The molecule has 118 valence electrons. The Morgan fingerprint density at radius 1 is 1.35 bits per heavy atom. The second-order valence-electron chi connectivity index (χ2n) is 6.59. The summed E-state index contributed by atoms with van der Waals surface area (Å²) >= 11 is 0. The van der Waals surface area contributed by atoms with E-state index in [4.69, 9.17) is 5.26 Å². The minimum atomic E-state index is 0.528. The standard InChI is InChI=1S/C17H20N6/c1-22(17-15-3-5-19-16(15)20-11-21-17)14-7-12-9-23(6-2-4-18)10-13(12)8-14/h2-3,5-6,11-14H,7-10H2,1H3,(H,19,20,21)/t12-,13+,14?. The molecule has 6 heteroatoms. The van der Waals surface area contributed by atoms with Crippen molar-refractivity contribution in [3.05, 3.63) is 30.9 Å². The molecule has 0 amide bonds. The van der Waals surface area contributed by atoms with Crippen molar-refractivity contribution >= 4 is 16.9 Å². The lowest BCUT2D eigenvalue weighted by atomic mass is 10.0. The lowest BCUT2D eigenvalue weighted by molar-refractivity contribution is 0.408. The normalized spacial score (nSPS) is 26.8. The Kier molecular flexibility index (Phi) is 3.41. The molecule has 0 spiro atoms. The first-order valence-corrected chi connectivity index (χ1v) is 8.07. The van der Waals surface area contributed by atoms with Gasteiger partial charge in [-0.2, -0.15) is 5.26 Å². The molecule has 6 nitrogen and oxygen atoms in total. The number of hydrogen-bond donors (Lipinski definition) is 1. The molecule has 1 saturated carbocycles. The molecular formula is C17H20N6. The summed E-state index contributed by atoms with van der Waals surface area (Å²) in [5.74, 6) is 2.45. The molecule has 1 unspecified atom stereocenters. The Morgan fingerprint density at radius 2 is 2.13 bits per heavy atom. The lowest BCUT2D eigenvalue weighted by Gasteiger charge is -2.27. The predicted molar refractivity (Wildman–Crippen MR) is 88.6 cm³/mol. The van der Waals surface area contributed by atoms with Crippen LogP contribution in [0.5, 0.6) is 0 Å². The smallest absolute Gasteiger partial charge is 0.142 e. The number of fused-ring (bicyclic) bond motifs is 2. The first-order chi connectivity index (χ1) is 11.3. The molecule has 4 rings (SSSR count). The molecule has 2 aromatic rings. The van der Waals surface area contributed by atoms with E-state index >= 15 is 0 Å². The van der Waals surface area contributed by atoms with E-state index in [2.05, 4.69) is 37.9 Å². The van der Waals surface area contributed by atoms with Crippen LogP contribution in [0.3, 0.4) is 0 Å². The van der Waals surface area contributed by atoms with Gasteiger partial charge in [0, 0.05) is 44.7 Å². The van der Waals surface area contributed by atoms with E-state index in [1.54, 1.807) is 12.4 Å². The van der Waals surface area contributed by atoms with Gasteiger partial charge in [-0.05, 0) is 30.7 Å². The van der Waals surface area contributed by atoms with E-state index in [0.717, 1.165) is 29.9 Å². The van der Waals surface area contributed by atoms with Gasteiger partial charge in [-0.1, -0.05) is 0 Å². The van der Waals surface area contributed by atoms with Crippen LogP contribution in [0.1, 0.15) is 12.8 Å². The van der Waals surface area contributed by atoms with Gasteiger partial charge in [-0.25, -0.2) is 9.97 Å². The number of nitriles is 1. The quantitative estimate of drug-likeness (QED) is 0.880. The molecule has 0 aromatic carbocycles. The van der Waals surface area contributed by atoms with E-state index in [9.17, 15) is 0 Å². The van der Waals surface area contributed by atoms with Gasteiger partial charge in [0.05, 0.1) is 11.5 Å². The van der Waals surface area contributed by atoms with Gasteiger partial charge in [0.15, 0.2) is 0 Å². The fourth-order valence-corrected chi connectivity index (χ4v) is 4.19. The SMILES string of the molecule is CN(c1ncnc2[nH]ccc12)C1C[C@@H]2CN(C=CC#N)C[C@@H]2C1. The zero-order valence-corrected chi connectivity index (χ0v) is 13.2. The number of hydrogen-bond acceptors (Lipinski definition) is 5. The fraction of sp³-hybridized carbons (Fsp3) is 0.471. The maximum absolute atomic E-state index is 8.65. The van der Waals surface area contributed by atoms with Crippen molar-refractivity contribution in [2.45, 2.75) is 18.9 Å². The highest BCUT2D eigenvalue weighted by Crippen LogP contribution is 2.41. The molecule has 0 bridgehead atoms. The maximum Gasteiger partial charge on any atom is 0.142 e. The van der Waals surface area contributed by atoms with E-state index < -0.39 is 0 Å². The molecule has 1 aliphatic heterocycles.